The molecule has 1 aromatic heterocycles. The molecule has 2 rings (SSSR count). The number of hydrogen-bond donors (Lipinski definition) is 2. The molecule has 0 saturated carbocycles. The van der Waals surface area contributed by atoms with E-state index in [2.05, 4.69) is 5.32 Å². The number of furan rings is 1. The van der Waals surface area contributed by atoms with Gasteiger partial charge in [0.15, 0.2) is 5.22 Å². The summed E-state index contributed by atoms with van der Waals surface area (Å²) in [5.41, 5.74) is 6.22. The van der Waals surface area contributed by atoms with E-state index in [0.29, 0.717) is 28.1 Å². The van der Waals surface area contributed by atoms with Gasteiger partial charge in [-0.25, -0.2) is 0 Å². The fraction of sp³-hybridized carbons (Fsp3) is 0.0833. The standard InChI is InChI=1S/C12H10Cl2N2O2/c13-10-5-7(1-3-9(10)12(15)17)16-6-8-2-4-11(14)18-8/h1-5,16H,6H2,(H2,15,17). The van der Waals surface area contributed by atoms with Crippen LogP contribution in [0.2, 0.25) is 10.2 Å². The largest absolute Gasteiger partial charge is 0.448 e. The smallest absolute Gasteiger partial charge is 0.250 e. The lowest BCUT2D eigenvalue weighted by Gasteiger charge is -2.06. The molecule has 1 amide bonds. The van der Waals surface area contributed by atoms with Crippen LogP contribution in [-0.4, -0.2) is 5.91 Å². The zero-order valence-electron chi connectivity index (χ0n) is 9.24. The van der Waals surface area contributed by atoms with Crippen LogP contribution < -0.4 is 11.1 Å². The molecule has 2 aromatic rings. The first kappa shape index (κ1) is 12.8. The number of nitrogens with one attached hydrogen (secondary N) is 1. The molecule has 0 spiro atoms. The van der Waals surface area contributed by atoms with E-state index in [4.69, 9.17) is 33.4 Å². The normalized spacial score (nSPS) is 10.3. The third-order valence-electron chi connectivity index (χ3n) is 2.33. The summed E-state index contributed by atoms with van der Waals surface area (Å²) < 4.78 is 5.19. The minimum absolute atomic E-state index is 0.295. The molecular weight excluding hydrogens is 275 g/mol. The average molecular weight is 285 g/mol. The Balaban J connectivity index is 2.06. The average Bonchev–Trinajstić information content (AvgIpc) is 2.72. The molecule has 1 aromatic carbocycles. The van der Waals surface area contributed by atoms with Crippen molar-refractivity contribution in [3.63, 3.8) is 0 Å². The molecule has 18 heavy (non-hydrogen) atoms. The van der Waals surface area contributed by atoms with Crippen molar-refractivity contribution in [3.8, 4) is 0 Å². The number of halogens is 2. The minimum Gasteiger partial charge on any atom is -0.448 e. The number of benzene rings is 1. The molecular formula is C12H10Cl2N2O2. The number of rotatable bonds is 4. The summed E-state index contributed by atoms with van der Waals surface area (Å²) in [7, 11) is 0. The first-order valence-electron chi connectivity index (χ1n) is 5.13. The minimum atomic E-state index is -0.552. The van der Waals surface area contributed by atoms with Crippen LogP contribution in [0.25, 0.3) is 0 Å². The molecule has 0 fully saturated rings. The quantitative estimate of drug-likeness (QED) is 0.905. The highest BCUT2D eigenvalue weighted by Crippen LogP contribution is 2.21. The summed E-state index contributed by atoms with van der Waals surface area (Å²) in [4.78, 5) is 11.0. The van der Waals surface area contributed by atoms with Crippen molar-refractivity contribution in [1.29, 1.82) is 0 Å². The fourth-order valence-electron chi connectivity index (χ4n) is 1.46. The van der Waals surface area contributed by atoms with Crippen LogP contribution >= 0.6 is 23.2 Å². The van der Waals surface area contributed by atoms with Crippen LogP contribution in [0.3, 0.4) is 0 Å². The molecule has 0 aliphatic heterocycles. The van der Waals surface area contributed by atoms with Crippen LogP contribution in [0.1, 0.15) is 16.1 Å². The SMILES string of the molecule is NC(=O)c1ccc(NCc2ccc(Cl)o2)cc1Cl. The summed E-state index contributed by atoms with van der Waals surface area (Å²) in [6.07, 6.45) is 0. The van der Waals surface area contributed by atoms with Gasteiger partial charge in [0, 0.05) is 5.69 Å². The van der Waals surface area contributed by atoms with Crippen molar-refractivity contribution in [1.82, 2.24) is 0 Å². The molecule has 0 aliphatic rings. The molecule has 3 N–H and O–H groups in total. The number of carbonyl (C=O) groups excluding carboxylic acids is 1. The van der Waals surface area contributed by atoms with Crippen molar-refractivity contribution in [3.05, 3.63) is 51.9 Å². The van der Waals surface area contributed by atoms with Gasteiger partial charge in [-0.3, -0.25) is 4.79 Å². The zero-order valence-corrected chi connectivity index (χ0v) is 10.8. The molecule has 6 heteroatoms. The summed E-state index contributed by atoms with van der Waals surface area (Å²) in [6, 6.07) is 8.36. The van der Waals surface area contributed by atoms with Crippen molar-refractivity contribution in [2.75, 3.05) is 5.32 Å². The second kappa shape index (κ2) is 5.33. The zero-order chi connectivity index (χ0) is 13.1. The Morgan fingerprint density at radius 1 is 1.28 bits per heavy atom. The van der Waals surface area contributed by atoms with E-state index in [1.54, 1.807) is 30.3 Å². The summed E-state index contributed by atoms with van der Waals surface area (Å²) in [5.74, 6) is 0.152. The summed E-state index contributed by atoms with van der Waals surface area (Å²) in [6.45, 7) is 0.471. The molecule has 0 saturated heterocycles. The summed E-state index contributed by atoms with van der Waals surface area (Å²) in [5, 5.41) is 3.74. The third kappa shape index (κ3) is 2.97. The van der Waals surface area contributed by atoms with E-state index >= 15 is 0 Å². The third-order valence-corrected chi connectivity index (χ3v) is 2.85. The van der Waals surface area contributed by atoms with Crippen LogP contribution in [-0.2, 0) is 6.54 Å². The highest BCUT2D eigenvalue weighted by atomic mass is 35.5. The van der Waals surface area contributed by atoms with Gasteiger partial charge >= 0.3 is 0 Å². The number of amides is 1. The van der Waals surface area contributed by atoms with E-state index in [1.807, 2.05) is 0 Å². The molecule has 0 radical (unpaired) electrons. The van der Waals surface area contributed by atoms with Gasteiger partial charge in [0.1, 0.15) is 5.76 Å². The predicted octanol–water partition coefficient (Wildman–Crippen LogP) is 3.30. The predicted molar refractivity (Wildman–Crippen MR) is 71.0 cm³/mol. The molecule has 0 atom stereocenters. The Morgan fingerprint density at radius 2 is 2.06 bits per heavy atom. The van der Waals surface area contributed by atoms with Gasteiger partial charge in [-0.1, -0.05) is 11.6 Å². The van der Waals surface area contributed by atoms with Crippen molar-refractivity contribution < 1.29 is 9.21 Å². The maximum Gasteiger partial charge on any atom is 0.250 e. The van der Waals surface area contributed by atoms with Crippen LogP contribution in [0, 0.1) is 0 Å². The van der Waals surface area contributed by atoms with Gasteiger partial charge in [0.05, 0.1) is 17.1 Å². The van der Waals surface area contributed by atoms with Crippen molar-refractivity contribution in [2.45, 2.75) is 6.54 Å². The maximum absolute atomic E-state index is 11.0. The van der Waals surface area contributed by atoms with Gasteiger partial charge in [-0.05, 0) is 41.9 Å². The lowest BCUT2D eigenvalue weighted by atomic mass is 10.2. The lowest BCUT2D eigenvalue weighted by molar-refractivity contribution is 0.100. The maximum atomic E-state index is 11.0. The Morgan fingerprint density at radius 3 is 2.61 bits per heavy atom. The lowest BCUT2D eigenvalue weighted by Crippen LogP contribution is -2.11. The molecule has 0 aliphatic carbocycles. The first-order valence-corrected chi connectivity index (χ1v) is 5.89. The topological polar surface area (TPSA) is 68.3 Å². The van der Waals surface area contributed by atoms with Crippen LogP contribution in [0.5, 0.6) is 0 Å². The van der Waals surface area contributed by atoms with Gasteiger partial charge in [-0.2, -0.15) is 0 Å². The number of primary amides is 1. The van der Waals surface area contributed by atoms with E-state index < -0.39 is 5.91 Å². The van der Waals surface area contributed by atoms with Crippen LogP contribution in [0.15, 0.2) is 34.7 Å². The molecule has 4 nitrogen and oxygen atoms in total. The number of nitrogens with two attached hydrogens (primary N) is 1. The van der Waals surface area contributed by atoms with Crippen molar-refractivity contribution in [2.24, 2.45) is 5.73 Å². The monoisotopic (exact) mass is 284 g/mol. The Labute approximate surface area is 114 Å². The highest BCUT2D eigenvalue weighted by Gasteiger charge is 2.07. The highest BCUT2D eigenvalue weighted by molar-refractivity contribution is 6.34. The summed E-state index contributed by atoms with van der Waals surface area (Å²) >= 11 is 11.6. The number of anilines is 1. The first-order chi connectivity index (χ1) is 8.56. The second-order valence-corrected chi connectivity index (χ2v) is 4.40. The van der Waals surface area contributed by atoms with Gasteiger partial charge in [0.2, 0.25) is 5.91 Å². The van der Waals surface area contributed by atoms with Gasteiger partial charge in [-0.15, -0.1) is 0 Å². The Hall–Kier alpha value is -1.65. The van der Waals surface area contributed by atoms with Crippen LogP contribution in [0.4, 0.5) is 5.69 Å². The van der Waals surface area contributed by atoms with Crippen molar-refractivity contribution >= 4 is 34.8 Å². The van der Waals surface area contributed by atoms with E-state index in [0.717, 1.165) is 5.69 Å². The number of carbonyl (C=O) groups is 1. The van der Waals surface area contributed by atoms with Gasteiger partial charge in [0.25, 0.3) is 0 Å². The fourth-order valence-corrected chi connectivity index (χ4v) is 1.90. The second-order valence-electron chi connectivity index (χ2n) is 3.62. The molecule has 94 valence electrons. The Kier molecular flexibility index (Phi) is 3.79. The molecule has 0 bridgehead atoms. The number of hydrogen-bond acceptors (Lipinski definition) is 3. The Bertz CT molecular complexity index is 581. The molecule has 0 unspecified atom stereocenters. The van der Waals surface area contributed by atoms with E-state index in [1.165, 1.54) is 0 Å². The van der Waals surface area contributed by atoms with E-state index in [-0.39, 0.29) is 0 Å². The molecule has 1 heterocycles. The van der Waals surface area contributed by atoms with Gasteiger partial charge < -0.3 is 15.5 Å². The van der Waals surface area contributed by atoms with E-state index in [9.17, 15) is 4.79 Å².